The fraction of sp³-hybridized carbons (Fsp3) is 0.231. The molecule has 0 aliphatic heterocycles. The third kappa shape index (κ3) is 3.30. The Kier molecular flexibility index (Phi) is 4.13. The Morgan fingerprint density at radius 3 is 2.74 bits per heavy atom. The van der Waals surface area contributed by atoms with Gasteiger partial charge in [-0.1, -0.05) is 29.5 Å². The number of thiophene rings is 1. The maximum Gasteiger partial charge on any atom is 0.324 e. The molecule has 0 saturated heterocycles. The second kappa shape index (κ2) is 5.81. The predicted octanol–water partition coefficient (Wildman–Crippen LogP) is 3.32. The van der Waals surface area contributed by atoms with E-state index in [1.165, 1.54) is 6.07 Å². The highest BCUT2D eigenvalue weighted by Gasteiger charge is 2.11. The van der Waals surface area contributed by atoms with Crippen molar-refractivity contribution < 1.29 is 10.0 Å². The molecule has 19 heavy (non-hydrogen) atoms. The molecule has 0 aliphatic rings. The summed E-state index contributed by atoms with van der Waals surface area (Å²) >= 11 is 1.15. The van der Waals surface area contributed by atoms with Crippen molar-refractivity contribution in [1.29, 1.82) is 0 Å². The number of para-hydroxylation sites is 1. The lowest BCUT2D eigenvalue weighted by Crippen LogP contribution is -2.03. The summed E-state index contributed by atoms with van der Waals surface area (Å²) < 4.78 is 0. The summed E-state index contributed by atoms with van der Waals surface area (Å²) in [4.78, 5) is 11.1. The lowest BCUT2D eigenvalue weighted by atomic mass is 10.1. The van der Waals surface area contributed by atoms with Gasteiger partial charge in [0.1, 0.15) is 0 Å². The second-order valence-electron chi connectivity index (χ2n) is 4.11. The Morgan fingerprint density at radius 1 is 1.37 bits per heavy atom. The Bertz CT molecular complexity index is 581. The molecule has 2 rings (SSSR count). The Hall–Kier alpha value is -1.92. The van der Waals surface area contributed by atoms with E-state index in [4.69, 9.17) is 0 Å². The highest BCUT2D eigenvalue weighted by atomic mass is 32.1. The van der Waals surface area contributed by atoms with Gasteiger partial charge < -0.3 is 10.4 Å². The number of rotatable bonds is 5. The number of aliphatic hydroxyl groups excluding tert-OH is 1. The van der Waals surface area contributed by atoms with E-state index < -0.39 is 11.0 Å². The minimum Gasteiger partial charge on any atom is -0.389 e. The van der Waals surface area contributed by atoms with E-state index in [-0.39, 0.29) is 5.00 Å². The zero-order valence-electron chi connectivity index (χ0n) is 10.4. The third-order valence-electron chi connectivity index (χ3n) is 2.69. The molecule has 0 saturated carbocycles. The van der Waals surface area contributed by atoms with Crippen molar-refractivity contribution in [3.8, 4) is 0 Å². The molecular weight excluding hydrogens is 264 g/mol. The highest BCUT2D eigenvalue weighted by molar-refractivity contribution is 7.15. The summed E-state index contributed by atoms with van der Waals surface area (Å²) in [6, 6.07) is 10.7. The van der Waals surface area contributed by atoms with E-state index in [1.54, 1.807) is 13.0 Å². The van der Waals surface area contributed by atoms with Crippen LogP contribution in [0.15, 0.2) is 36.4 Å². The normalized spacial score (nSPS) is 12.1. The summed E-state index contributed by atoms with van der Waals surface area (Å²) in [5.74, 6) is 0. The Balaban J connectivity index is 2.08. The van der Waals surface area contributed by atoms with Gasteiger partial charge in [0.15, 0.2) is 0 Å². The molecule has 0 amide bonds. The van der Waals surface area contributed by atoms with E-state index >= 15 is 0 Å². The van der Waals surface area contributed by atoms with Gasteiger partial charge in [-0.15, -0.1) is 0 Å². The van der Waals surface area contributed by atoms with Crippen molar-refractivity contribution >= 4 is 22.0 Å². The van der Waals surface area contributed by atoms with Crippen LogP contribution in [0, 0.1) is 10.1 Å². The molecular formula is C13H14N2O3S. The first-order chi connectivity index (χ1) is 9.08. The van der Waals surface area contributed by atoms with Crippen molar-refractivity contribution in [3.63, 3.8) is 0 Å². The molecule has 2 aromatic rings. The molecule has 0 aliphatic carbocycles. The van der Waals surface area contributed by atoms with Crippen molar-refractivity contribution in [2.75, 3.05) is 5.32 Å². The zero-order chi connectivity index (χ0) is 13.8. The molecule has 0 radical (unpaired) electrons. The molecule has 0 bridgehead atoms. The highest BCUT2D eigenvalue weighted by Crippen LogP contribution is 2.26. The van der Waals surface area contributed by atoms with Crippen molar-refractivity contribution in [2.24, 2.45) is 0 Å². The smallest absolute Gasteiger partial charge is 0.324 e. The average molecular weight is 278 g/mol. The van der Waals surface area contributed by atoms with Crippen LogP contribution in [-0.2, 0) is 6.54 Å². The molecule has 5 nitrogen and oxygen atoms in total. The summed E-state index contributed by atoms with van der Waals surface area (Å²) in [7, 11) is 0. The molecule has 100 valence electrons. The fourth-order valence-corrected chi connectivity index (χ4v) is 2.52. The minimum atomic E-state index is -0.554. The van der Waals surface area contributed by atoms with Crippen LogP contribution in [0.3, 0.4) is 0 Å². The van der Waals surface area contributed by atoms with Crippen molar-refractivity contribution in [1.82, 2.24) is 0 Å². The van der Waals surface area contributed by atoms with E-state index in [0.717, 1.165) is 27.5 Å². The van der Waals surface area contributed by atoms with Crippen LogP contribution >= 0.6 is 11.3 Å². The Morgan fingerprint density at radius 2 is 2.11 bits per heavy atom. The number of nitrogens with one attached hydrogen (secondary N) is 1. The van der Waals surface area contributed by atoms with Crippen LogP contribution in [0.1, 0.15) is 23.5 Å². The number of nitrogens with zero attached hydrogens (tertiary/aromatic N) is 1. The summed E-state index contributed by atoms with van der Waals surface area (Å²) in [5, 5.41) is 23.6. The van der Waals surface area contributed by atoms with Crippen LogP contribution in [0.4, 0.5) is 10.7 Å². The predicted molar refractivity (Wildman–Crippen MR) is 75.4 cm³/mol. The first-order valence-electron chi connectivity index (χ1n) is 5.82. The standard InChI is InChI=1S/C13H14N2O3S/c1-9(16)11-4-2-3-5-12(11)14-8-10-6-7-13(19-10)15(17)18/h2-7,9,14,16H,8H2,1H3. The van der Waals surface area contributed by atoms with Gasteiger partial charge in [-0.05, 0) is 19.1 Å². The number of nitro groups is 1. The lowest BCUT2D eigenvalue weighted by Gasteiger charge is -2.13. The van der Waals surface area contributed by atoms with Gasteiger partial charge in [-0.3, -0.25) is 10.1 Å². The van der Waals surface area contributed by atoms with E-state index in [9.17, 15) is 15.2 Å². The van der Waals surface area contributed by atoms with E-state index in [1.807, 2.05) is 24.3 Å². The number of aliphatic hydroxyl groups is 1. The zero-order valence-corrected chi connectivity index (χ0v) is 11.2. The maximum absolute atomic E-state index is 10.6. The molecule has 1 unspecified atom stereocenters. The fourth-order valence-electron chi connectivity index (χ4n) is 1.76. The van der Waals surface area contributed by atoms with Gasteiger partial charge in [-0.25, -0.2) is 0 Å². The van der Waals surface area contributed by atoms with Gasteiger partial charge in [0.2, 0.25) is 0 Å². The first-order valence-corrected chi connectivity index (χ1v) is 6.63. The first kappa shape index (κ1) is 13.5. The maximum atomic E-state index is 10.6. The number of anilines is 1. The van der Waals surface area contributed by atoms with Gasteiger partial charge in [0.05, 0.1) is 11.0 Å². The molecule has 0 spiro atoms. The van der Waals surface area contributed by atoms with Gasteiger partial charge >= 0.3 is 5.00 Å². The molecule has 1 aromatic heterocycles. The second-order valence-corrected chi connectivity index (χ2v) is 5.26. The average Bonchev–Trinajstić information content (AvgIpc) is 2.85. The molecule has 1 aromatic carbocycles. The lowest BCUT2D eigenvalue weighted by molar-refractivity contribution is -0.380. The monoisotopic (exact) mass is 278 g/mol. The molecule has 2 N–H and O–H groups in total. The van der Waals surface area contributed by atoms with Crippen LogP contribution < -0.4 is 5.32 Å². The molecule has 0 fully saturated rings. The molecule has 1 atom stereocenters. The number of hydrogen-bond donors (Lipinski definition) is 2. The summed E-state index contributed by atoms with van der Waals surface area (Å²) in [6.45, 7) is 2.21. The molecule has 6 heteroatoms. The number of hydrogen-bond acceptors (Lipinski definition) is 5. The largest absolute Gasteiger partial charge is 0.389 e. The third-order valence-corrected chi connectivity index (χ3v) is 3.73. The topological polar surface area (TPSA) is 75.4 Å². The van der Waals surface area contributed by atoms with Gasteiger partial charge in [0, 0.05) is 28.7 Å². The number of benzene rings is 1. The van der Waals surface area contributed by atoms with Crippen LogP contribution in [0.2, 0.25) is 0 Å². The molecule has 1 heterocycles. The SMILES string of the molecule is CC(O)c1ccccc1NCc1ccc([N+](=O)[O-])s1. The minimum absolute atomic E-state index is 0.139. The van der Waals surface area contributed by atoms with Crippen molar-refractivity contribution in [3.05, 3.63) is 57.0 Å². The van der Waals surface area contributed by atoms with Crippen LogP contribution in [0.5, 0.6) is 0 Å². The van der Waals surface area contributed by atoms with Crippen LogP contribution in [0.25, 0.3) is 0 Å². The van der Waals surface area contributed by atoms with Crippen molar-refractivity contribution in [2.45, 2.75) is 19.6 Å². The van der Waals surface area contributed by atoms with E-state index in [2.05, 4.69) is 5.32 Å². The summed E-state index contributed by atoms with van der Waals surface area (Å²) in [6.07, 6.45) is -0.554. The summed E-state index contributed by atoms with van der Waals surface area (Å²) in [5.41, 5.74) is 1.65. The van der Waals surface area contributed by atoms with Crippen LogP contribution in [-0.4, -0.2) is 10.0 Å². The Labute approximate surface area is 114 Å². The quantitative estimate of drug-likeness (QED) is 0.650. The van der Waals surface area contributed by atoms with Gasteiger partial charge in [-0.2, -0.15) is 0 Å². The van der Waals surface area contributed by atoms with Gasteiger partial charge in [0.25, 0.3) is 0 Å². The van der Waals surface area contributed by atoms with E-state index in [0.29, 0.717) is 6.54 Å².